The molecule has 2 aliphatic heterocycles. The summed E-state index contributed by atoms with van der Waals surface area (Å²) in [7, 11) is 0. The van der Waals surface area contributed by atoms with Crippen molar-refractivity contribution >= 4 is 11.7 Å². The molecule has 4 nitrogen and oxygen atoms in total. The van der Waals surface area contributed by atoms with Gasteiger partial charge in [-0.15, -0.1) is 5.92 Å². The summed E-state index contributed by atoms with van der Waals surface area (Å²) in [5.41, 5.74) is 2.90. The van der Waals surface area contributed by atoms with E-state index in [1.165, 1.54) is 0 Å². The molecule has 1 N–H and O–H groups in total. The highest BCUT2D eigenvalue weighted by atomic mass is 16.5. The Morgan fingerprint density at radius 1 is 1.17 bits per heavy atom. The van der Waals surface area contributed by atoms with Crippen molar-refractivity contribution in [3.63, 3.8) is 0 Å². The van der Waals surface area contributed by atoms with Gasteiger partial charge in [-0.1, -0.05) is 5.92 Å². The van der Waals surface area contributed by atoms with Crippen LogP contribution < -0.4 is 5.32 Å². The Kier molecular flexibility index (Phi) is 3.99. The lowest BCUT2D eigenvalue weighted by molar-refractivity contribution is -0.127. The number of ketones is 1. The van der Waals surface area contributed by atoms with Gasteiger partial charge in [-0.2, -0.15) is 0 Å². The average Bonchev–Trinajstić information content (AvgIpc) is 2.72. The Morgan fingerprint density at radius 2 is 1.78 bits per heavy atom. The number of hydrogen-bond donors (Lipinski definition) is 1. The van der Waals surface area contributed by atoms with Crippen LogP contribution in [0.1, 0.15) is 47.9 Å². The fraction of sp³-hybridized carbons (Fsp3) is 0.474. The van der Waals surface area contributed by atoms with E-state index in [2.05, 4.69) is 17.2 Å². The van der Waals surface area contributed by atoms with Crippen LogP contribution in [-0.2, 0) is 14.3 Å². The first-order valence-corrected chi connectivity index (χ1v) is 7.96. The molecule has 2 fully saturated rings. The molecule has 0 aromatic heterocycles. The van der Waals surface area contributed by atoms with Gasteiger partial charge in [0.05, 0.1) is 0 Å². The van der Waals surface area contributed by atoms with E-state index in [0.717, 1.165) is 22.3 Å². The third kappa shape index (κ3) is 2.55. The van der Waals surface area contributed by atoms with E-state index in [-0.39, 0.29) is 11.7 Å². The van der Waals surface area contributed by atoms with Crippen LogP contribution in [0.15, 0.2) is 12.1 Å². The van der Waals surface area contributed by atoms with E-state index < -0.39 is 11.5 Å². The van der Waals surface area contributed by atoms with Crippen molar-refractivity contribution in [1.82, 2.24) is 5.32 Å². The van der Waals surface area contributed by atoms with E-state index in [4.69, 9.17) is 4.74 Å². The van der Waals surface area contributed by atoms with Gasteiger partial charge < -0.3 is 10.1 Å². The van der Waals surface area contributed by atoms with Crippen molar-refractivity contribution in [2.24, 2.45) is 0 Å². The predicted octanol–water partition coefficient (Wildman–Crippen LogP) is 2.01. The molecular weight excluding hydrogens is 290 g/mol. The van der Waals surface area contributed by atoms with Crippen molar-refractivity contribution in [1.29, 1.82) is 0 Å². The summed E-state index contributed by atoms with van der Waals surface area (Å²) >= 11 is 0. The zero-order valence-electron chi connectivity index (χ0n) is 13.8. The van der Waals surface area contributed by atoms with Crippen LogP contribution in [0.25, 0.3) is 0 Å². The molecule has 1 aromatic rings. The Labute approximate surface area is 136 Å². The zero-order valence-corrected chi connectivity index (χ0v) is 13.8. The van der Waals surface area contributed by atoms with Crippen LogP contribution in [0.5, 0.6) is 0 Å². The quantitative estimate of drug-likeness (QED) is 0.637. The summed E-state index contributed by atoms with van der Waals surface area (Å²) in [5.74, 6) is 5.01. The number of Topliss-reactive ketones (excluding diaryl/α,β-unsaturated/α-hetero) is 1. The second kappa shape index (κ2) is 5.82. The molecule has 0 saturated carbocycles. The molecular formula is C19H21NO3. The first-order valence-electron chi connectivity index (χ1n) is 7.96. The van der Waals surface area contributed by atoms with Crippen LogP contribution >= 0.6 is 0 Å². The summed E-state index contributed by atoms with van der Waals surface area (Å²) in [4.78, 5) is 25.6. The molecule has 120 valence electrons. The second-order valence-corrected chi connectivity index (χ2v) is 6.38. The van der Waals surface area contributed by atoms with Gasteiger partial charge in [0.2, 0.25) is 5.91 Å². The zero-order chi connectivity index (χ0) is 16.6. The number of amides is 1. The Hall–Kier alpha value is -2.12. The molecule has 2 aliphatic rings. The molecule has 4 heteroatoms. The molecule has 2 saturated heterocycles. The van der Waals surface area contributed by atoms with Gasteiger partial charge in [-0.25, -0.2) is 0 Å². The smallest absolute Gasteiger partial charge is 0.235 e. The minimum absolute atomic E-state index is 0.00803. The van der Waals surface area contributed by atoms with Gasteiger partial charge in [-0.05, 0) is 49.6 Å². The van der Waals surface area contributed by atoms with Crippen molar-refractivity contribution in [2.75, 3.05) is 13.2 Å². The SMILES string of the molecule is CC#Cc1cc(C)c(C2C(=O)NC3(CCOCC3)C2=O)c(C)c1. The summed E-state index contributed by atoms with van der Waals surface area (Å²) < 4.78 is 5.35. The molecule has 0 bridgehead atoms. The fourth-order valence-electron chi connectivity index (χ4n) is 3.76. The molecule has 2 heterocycles. The topological polar surface area (TPSA) is 55.4 Å². The van der Waals surface area contributed by atoms with Crippen LogP contribution in [0.3, 0.4) is 0 Å². The van der Waals surface area contributed by atoms with Gasteiger partial charge in [0.15, 0.2) is 5.78 Å². The molecule has 1 atom stereocenters. The summed E-state index contributed by atoms with van der Waals surface area (Å²) in [6.45, 7) is 6.71. The minimum atomic E-state index is -0.735. The number of ether oxygens (including phenoxy) is 1. The maximum absolute atomic E-state index is 13.0. The van der Waals surface area contributed by atoms with Gasteiger partial charge in [0, 0.05) is 31.6 Å². The molecule has 0 aliphatic carbocycles. The molecule has 23 heavy (non-hydrogen) atoms. The largest absolute Gasteiger partial charge is 0.381 e. The number of benzene rings is 1. The monoisotopic (exact) mass is 311 g/mol. The predicted molar refractivity (Wildman–Crippen MR) is 87.1 cm³/mol. The molecule has 0 radical (unpaired) electrons. The molecule has 1 aromatic carbocycles. The first kappa shape index (κ1) is 15.8. The van der Waals surface area contributed by atoms with Crippen molar-refractivity contribution in [2.45, 2.75) is 45.1 Å². The maximum Gasteiger partial charge on any atom is 0.235 e. The minimum Gasteiger partial charge on any atom is -0.381 e. The van der Waals surface area contributed by atoms with Crippen molar-refractivity contribution < 1.29 is 14.3 Å². The van der Waals surface area contributed by atoms with Gasteiger partial charge in [0.1, 0.15) is 11.5 Å². The van der Waals surface area contributed by atoms with E-state index >= 15 is 0 Å². The Morgan fingerprint density at radius 3 is 2.35 bits per heavy atom. The molecule has 1 unspecified atom stereocenters. The molecule has 1 spiro atoms. The first-order chi connectivity index (χ1) is 11.0. The number of hydrogen-bond acceptors (Lipinski definition) is 3. The van der Waals surface area contributed by atoms with Crippen molar-refractivity contribution in [3.05, 3.63) is 34.4 Å². The number of carbonyl (C=O) groups excluding carboxylic acids is 2. The van der Waals surface area contributed by atoms with Crippen LogP contribution in [0.4, 0.5) is 0 Å². The number of carbonyl (C=O) groups is 2. The van der Waals surface area contributed by atoms with Crippen LogP contribution in [-0.4, -0.2) is 30.4 Å². The van der Waals surface area contributed by atoms with Gasteiger partial charge in [-0.3, -0.25) is 9.59 Å². The lowest BCUT2D eigenvalue weighted by Gasteiger charge is -2.31. The maximum atomic E-state index is 13.0. The molecule has 3 rings (SSSR count). The number of aryl methyl sites for hydroxylation is 2. The van der Waals surface area contributed by atoms with E-state index in [9.17, 15) is 9.59 Å². The number of nitrogens with one attached hydrogen (secondary N) is 1. The highest BCUT2D eigenvalue weighted by Gasteiger charge is 2.53. The normalized spacial score (nSPS) is 22.7. The van der Waals surface area contributed by atoms with E-state index in [1.54, 1.807) is 6.92 Å². The highest BCUT2D eigenvalue weighted by Crippen LogP contribution is 2.38. The van der Waals surface area contributed by atoms with Gasteiger partial charge in [0.25, 0.3) is 0 Å². The highest BCUT2D eigenvalue weighted by molar-refractivity contribution is 6.17. The van der Waals surface area contributed by atoms with Crippen LogP contribution in [0.2, 0.25) is 0 Å². The molecule has 1 amide bonds. The van der Waals surface area contributed by atoms with E-state index in [0.29, 0.717) is 26.1 Å². The standard InChI is InChI=1S/C19H21NO3/c1-4-5-14-10-12(2)15(13(3)11-14)16-17(21)19(20-18(16)22)6-8-23-9-7-19/h10-11,16H,6-9H2,1-3H3,(H,20,22). The lowest BCUT2D eigenvalue weighted by Crippen LogP contribution is -2.50. The van der Waals surface area contributed by atoms with Crippen molar-refractivity contribution in [3.8, 4) is 11.8 Å². The Balaban J connectivity index is 2.03. The third-order valence-corrected chi connectivity index (χ3v) is 4.86. The van der Waals surface area contributed by atoms with Crippen LogP contribution in [0, 0.1) is 25.7 Å². The second-order valence-electron chi connectivity index (χ2n) is 6.38. The number of rotatable bonds is 1. The summed E-state index contributed by atoms with van der Waals surface area (Å²) in [6.07, 6.45) is 1.12. The summed E-state index contributed by atoms with van der Waals surface area (Å²) in [5, 5.41) is 2.97. The van der Waals surface area contributed by atoms with E-state index in [1.807, 2.05) is 26.0 Å². The third-order valence-electron chi connectivity index (χ3n) is 4.86. The lowest BCUT2D eigenvalue weighted by atomic mass is 9.79. The van der Waals surface area contributed by atoms with Gasteiger partial charge >= 0.3 is 0 Å². The summed E-state index contributed by atoms with van der Waals surface area (Å²) in [6, 6.07) is 3.91. The Bertz CT molecular complexity index is 710. The average molecular weight is 311 g/mol. The fourth-order valence-corrected chi connectivity index (χ4v) is 3.76.